The number of nitrogens with zero attached hydrogens (tertiary/aromatic N) is 2. The van der Waals surface area contributed by atoms with Gasteiger partial charge in [-0.3, -0.25) is 0 Å². The fourth-order valence-corrected chi connectivity index (χ4v) is 4.21. The average molecular weight is 284 g/mol. The van der Waals surface area contributed by atoms with Crippen molar-refractivity contribution in [2.24, 2.45) is 0 Å². The number of hydrogen-bond acceptors (Lipinski definition) is 5. The van der Waals surface area contributed by atoms with E-state index in [4.69, 9.17) is 0 Å². The zero-order valence-electron chi connectivity index (χ0n) is 11.2. The van der Waals surface area contributed by atoms with E-state index >= 15 is 0 Å². The zero-order valence-corrected chi connectivity index (χ0v) is 12.0. The third-order valence-electron chi connectivity index (χ3n) is 3.38. The van der Waals surface area contributed by atoms with Crippen molar-refractivity contribution in [3.63, 3.8) is 0 Å². The Balaban J connectivity index is 2.17. The van der Waals surface area contributed by atoms with Gasteiger partial charge in [-0.15, -0.1) is 0 Å². The lowest BCUT2D eigenvalue weighted by Crippen LogP contribution is -2.49. The Labute approximate surface area is 114 Å². The first-order valence-corrected chi connectivity index (χ1v) is 8.07. The smallest absolute Gasteiger partial charge is 0.154 e. The van der Waals surface area contributed by atoms with Gasteiger partial charge in [0.05, 0.1) is 23.7 Å². The highest BCUT2D eigenvalue weighted by Gasteiger charge is 2.40. The van der Waals surface area contributed by atoms with Crippen LogP contribution in [0.2, 0.25) is 0 Å². The number of sulfone groups is 1. The van der Waals surface area contributed by atoms with Gasteiger partial charge in [0, 0.05) is 20.6 Å². The van der Waals surface area contributed by atoms with Gasteiger partial charge in [-0.2, -0.15) is 0 Å². The van der Waals surface area contributed by atoms with Crippen molar-refractivity contribution in [2.75, 3.05) is 25.6 Å². The van der Waals surface area contributed by atoms with Gasteiger partial charge >= 0.3 is 0 Å². The van der Waals surface area contributed by atoms with E-state index in [-0.39, 0.29) is 17.5 Å². The molecule has 1 aromatic carbocycles. The Morgan fingerprint density at radius 2 is 1.84 bits per heavy atom. The number of benzene rings is 1. The number of hydrazine groups is 1. The molecule has 2 rings (SSSR count). The minimum absolute atomic E-state index is 0.0131. The van der Waals surface area contributed by atoms with Crippen LogP contribution < -0.4 is 0 Å². The third-order valence-corrected chi connectivity index (χ3v) is 5.08. The fourth-order valence-electron chi connectivity index (χ4n) is 2.42. The van der Waals surface area contributed by atoms with Gasteiger partial charge in [0.1, 0.15) is 0 Å². The van der Waals surface area contributed by atoms with E-state index in [0.29, 0.717) is 6.54 Å². The summed E-state index contributed by atoms with van der Waals surface area (Å²) in [7, 11) is 0.590. The second kappa shape index (κ2) is 5.58. The summed E-state index contributed by atoms with van der Waals surface area (Å²) in [5.41, 5.74) is 1.09. The van der Waals surface area contributed by atoms with Crippen molar-refractivity contribution in [1.29, 1.82) is 0 Å². The van der Waals surface area contributed by atoms with Crippen LogP contribution in [0, 0.1) is 0 Å². The van der Waals surface area contributed by atoms with Crippen LogP contribution in [-0.4, -0.2) is 61.3 Å². The Kier molecular flexibility index (Phi) is 4.25. The molecule has 0 saturated carbocycles. The van der Waals surface area contributed by atoms with Gasteiger partial charge in [0.25, 0.3) is 0 Å². The maximum atomic E-state index is 11.6. The SMILES string of the molecule is CN(C)N(Cc1ccccc1)[C@@H]1CS(=O)(=O)C[C@@H]1O. The Morgan fingerprint density at radius 3 is 2.32 bits per heavy atom. The van der Waals surface area contributed by atoms with Crippen LogP contribution in [0.1, 0.15) is 5.56 Å². The highest BCUT2D eigenvalue weighted by Crippen LogP contribution is 2.21. The van der Waals surface area contributed by atoms with Gasteiger partial charge in [0.15, 0.2) is 9.84 Å². The van der Waals surface area contributed by atoms with E-state index in [1.165, 1.54) is 0 Å². The van der Waals surface area contributed by atoms with Gasteiger partial charge in [-0.25, -0.2) is 18.4 Å². The molecule has 0 aromatic heterocycles. The zero-order chi connectivity index (χ0) is 14.0. The Hall–Kier alpha value is -0.950. The second-order valence-corrected chi connectivity index (χ2v) is 7.30. The maximum absolute atomic E-state index is 11.6. The largest absolute Gasteiger partial charge is 0.390 e. The van der Waals surface area contributed by atoms with E-state index in [0.717, 1.165) is 5.56 Å². The maximum Gasteiger partial charge on any atom is 0.154 e. The molecule has 1 aliphatic rings. The topological polar surface area (TPSA) is 60.9 Å². The molecule has 0 unspecified atom stereocenters. The predicted octanol–water partition coefficient (Wildman–Crippen LogP) is 0.123. The summed E-state index contributed by atoms with van der Waals surface area (Å²) in [6, 6.07) is 9.45. The average Bonchev–Trinajstić information content (AvgIpc) is 2.60. The summed E-state index contributed by atoms with van der Waals surface area (Å²) in [4.78, 5) is 0. The molecule has 1 aliphatic heterocycles. The molecule has 1 saturated heterocycles. The standard InChI is InChI=1S/C13H20N2O3S/c1-14(2)15(8-11-6-4-3-5-7-11)12-9-19(17,18)10-13(12)16/h3-7,12-13,16H,8-10H2,1-2H3/t12-,13+/m1/s1. The summed E-state index contributed by atoms with van der Waals surface area (Å²) < 4.78 is 23.3. The minimum atomic E-state index is -3.13. The molecule has 1 aromatic rings. The molecule has 1 N–H and O–H groups in total. The summed E-state index contributed by atoms with van der Waals surface area (Å²) in [5, 5.41) is 13.7. The van der Waals surface area contributed by atoms with Crippen LogP contribution in [0.4, 0.5) is 0 Å². The Morgan fingerprint density at radius 1 is 1.21 bits per heavy atom. The normalized spacial score (nSPS) is 26.2. The first-order valence-electron chi connectivity index (χ1n) is 6.25. The van der Waals surface area contributed by atoms with E-state index in [9.17, 15) is 13.5 Å². The first-order chi connectivity index (χ1) is 8.89. The highest BCUT2D eigenvalue weighted by molar-refractivity contribution is 7.91. The van der Waals surface area contributed by atoms with Crippen molar-refractivity contribution in [1.82, 2.24) is 10.0 Å². The van der Waals surface area contributed by atoms with Crippen LogP contribution in [0.25, 0.3) is 0 Å². The van der Waals surface area contributed by atoms with Crippen LogP contribution >= 0.6 is 0 Å². The van der Waals surface area contributed by atoms with Crippen molar-refractivity contribution >= 4 is 9.84 Å². The molecule has 5 nitrogen and oxygen atoms in total. The molecular formula is C13H20N2O3S. The van der Waals surface area contributed by atoms with Gasteiger partial charge in [-0.1, -0.05) is 30.3 Å². The molecule has 0 amide bonds. The van der Waals surface area contributed by atoms with E-state index in [2.05, 4.69) is 0 Å². The van der Waals surface area contributed by atoms with Crippen molar-refractivity contribution < 1.29 is 13.5 Å². The lowest BCUT2D eigenvalue weighted by Gasteiger charge is -2.35. The molecule has 0 radical (unpaired) electrons. The summed E-state index contributed by atoms with van der Waals surface area (Å²) >= 11 is 0. The molecule has 2 atom stereocenters. The minimum Gasteiger partial charge on any atom is -0.390 e. The molecule has 6 heteroatoms. The summed E-state index contributed by atoms with van der Waals surface area (Å²) in [6.07, 6.45) is -0.823. The molecule has 0 bridgehead atoms. The summed E-state index contributed by atoms with van der Waals surface area (Å²) in [5.74, 6) is -0.129. The van der Waals surface area contributed by atoms with Crippen LogP contribution in [0.3, 0.4) is 0 Å². The van der Waals surface area contributed by atoms with Crippen molar-refractivity contribution in [3.8, 4) is 0 Å². The fraction of sp³-hybridized carbons (Fsp3) is 0.538. The number of aliphatic hydroxyl groups is 1. The third kappa shape index (κ3) is 3.54. The lowest BCUT2D eigenvalue weighted by molar-refractivity contribution is -0.0558. The highest BCUT2D eigenvalue weighted by atomic mass is 32.2. The Bertz CT molecular complexity index is 516. The van der Waals surface area contributed by atoms with Crippen LogP contribution in [0.15, 0.2) is 30.3 Å². The number of rotatable bonds is 4. The van der Waals surface area contributed by atoms with Crippen molar-refractivity contribution in [2.45, 2.75) is 18.7 Å². The molecule has 19 heavy (non-hydrogen) atoms. The van der Waals surface area contributed by atoms with E-state index in [1.807, 2.05) is 54.4 Å². The first kappa shape index (κ1) is 14.5. The molecular weight excluding hydrogens is 264 g/mol. The molecule has 106 valence electrons. The van der Waals surface area contributed by atoms with Gasteiger partial charge in [-0.05, 0) is 5.56 Å². The number of hydrogen-bond donors (Lipinski definition) is 1. The summed E-state index contributed by atoms with van der Waals surface area (Å²) in [6.45, 7) is 0.588. The van der Waals surface area contributed by atoms with Crippen LogP contribution in [-0.2, 0) is 16.4 Å². The molecule has 0 spiro atoms. The van der Waals surface area contributed by atoms with Gasteiger partial charge in [0.2, 0.25) is 0 Å². The quantitative estimate of drug-likeness (QED) is 0.796. The number of aliphatic hydroxyl groups excluding tert-OH is 1. The second-order valence-electron chi connectivity index (χ2n) is 5.14. The molecule has 1 fully saturated rings. The van der Waals surface area contributed by atoms with E-state index < -0.39 is 15.9 Å². The molecule has 0 aliphatic carbocycles. The van der Waals surface area contributed by atoms with Crippen molar-refractivity contribution in [3.05, 3.63) is 35.9 Å². The molecule has 1 heterocycles. The van der Waals surface area contributed by atoms with Gasteiger partial charge < -0.3 is 5.11 Å². The lowest BCUT2D eigenvalue weighted by atomic mass is 10.1. The monoisotopic (exact) mass is 284 g/mol. The van der Waals surface area contributed by atoms with Crippen LogP contribution in [0.5, 0.6) is 0 Å². The van der Waals surface area contributed by atoms with E-state index in [1.54, 1.807) is 0 Å². The predicted molar refractivity (Wildman–Crippen MR) is 74.1 cm³/mol.